The van der Waals surface area contributed by atoms with E-state index >= 15 is 0 Å². The second-order valence-electron chi connectivity index (χ2n) is 19.8. The summed E-state index contributed by atoms with van der Waals surface area (Å²) in [4.78, 5) is 101. The molecule has 69 heavy (non-hydrogen) atoms. The van der Waals surface area contributed by atoms with Crippen LogP contribution in [-0.4, -0.2) is 138 Å². The van der Waals surface area contributed by atoms with Crippen LogP contribution in [0.25, 0.3) is 0 Å². The lowest BCUT2D eigenvalue weighted by molar-refractivity contribution is -0.341. The largest absolute Gasteiger partial charge is 0.456 e. The first-order chi connectivity index (χ1) is 32.4. The second kappa shape index (κ2) is 20.1. The zero-order chi connectivity index (χ0) is 50.4. The molecule has 1 aromatic rings. The van der Waals surface area contributed by atoms with Gasteiger partial charge in [-0.25, -0.2) is 4.79 Å². The van der Waals surface area contributed by atoms with E-state index in [1.165, 1.54) is 19.3 Å². The van der Waals surface area contributed by atoms with Gasteiger partial charge in [0.25, 0.3) is 0 Å². The Morgan fingerprint density at radius 2 is 1.23 bits per heavy atom. The first-order valence-corrected chi connectivity index (χ1v) is 23.6. The topological polar surface area (TPSA) is 282 Å². The van der Waals surface area contributed by atoms with E-state index in [1.54, 1.807) is 6.07 Å². The lowest BCUT2D eigenvalue weighted by atomic mass is 9.41. The van der Waals surface area contributed by atoms with Gasteiger partial charge in [0, 0.05) is 59.4 Å². The van der Waals surface area contributed by atoms with Gasteiger partial charge >= 0.3 is 41.4 Å². The Balaban J connectivity index is 1.15. The minimum Gasteiger partial charge on any atom is -0.456 e. The molecule has 6 aliphatic rings. The van der Waals surface area contributed by atoms with Crippen LogP contribution < -0.4 is 5.63 Å². The predicted octanol–water partition coefficient (Wildman–Crippen LogP) is 2.64. The number of esters is 6. The van der Waals surface area contributed by atoms with Crippen LogP contribution in [0, 0.1) is 22.7 Å². The lowest BCUT2D eigenvalue weighted by Crippen LogP contribution is -2.69. The summed E-state index contributed by atoms with van der Waals surface area (Å²) in [6, 6.07) is 3.24. The van der Waals surface area contributed by atoms with E-state index in [2.05, 4.69) is 0 Å². The molecule has 12 unspecified atom stereocenters. The predicted molar refractivity (Wildman–Crippen MR) is 230 cm³/mol. The van der Waals surface area contributed by atoms with E-state index in [-0.39, 0.29) is 37.5 Å². The molecule has 0 spiro atoms. The average molecular weight is 977 g/mol. The third-order valence-corrected chi connectivity index (χ3v) is 15.7. The van der Waals surface area contributed by atoms with Crippen molar-refractivity contribution in [1.82, 2.24) is 0 Å². The molecule has 21 nitrogen and oxygen atoms in total. The Bertz CT molecular complexity index is 2190. The van der Waals surface area contributed by atoms with Gasteiger partial charge < -0.3 is 66.8 Å². The van der Waals surface area contributed by atoms with E-state index in [0.717, 1.165) is 53.4 Å². The molecule has 382 valence electrons. The quantitative estimate of drug-likeness (QED) is 0.124. The molecule has 6 fully saturated rings. The molecule has 3 heterocycles. The molecule has 0 aromatic carbocycles. The number of fused-ring (bicyclic) bond motifs is 5. The Morgan fingerprint density at radius 1 is 0.681 bits per heavy atom. The van der Waals surface area contributed by atoms with Gasteiger partial charge in [0.15, 0.2) is 49.2 Å². The standard InChI is InChI=1S/C48H64O21/c1-23-37(62-24(2)50)39(64-26(4)52)41(66-28(6)54)43(61-23)60-21-35-38(63-25(3)51)40(65-27(5)53)42(67-29(7)55)44(69-35)68-31-9-15-46(22-49)33-10-14-45(8)32(30-13-18-59-36(56)19-30)12-17-48(45,58)34(33)11-16-47(46,57)20-31/h13,18-19,22-23,31-35,37-44,57-58H,9-12,14-17,20-21H2,1-8H3/t23?,31?,32?,33?,34?,35?,37-,38+,39+,40-,41+,42+,43?,44?,45?,46?,47?,48?/m0/s1. The second-order valence-corrected chi connectivity index (χ2v) is 19.8. The SMILES string of the molecule is CC(=O)O[C@@H]1[C@@H](OC(C)=O)C(C)OC(OCC2OC(OC3CCC4(C=O)C5CCC6(C)C(c7ccoc(=O)c7)CCC6(O)C5CCC4(O)C3)[C@H](OC(C)=O)[C@@H](OC(C)=O)[C@@H]2OC(C)=O)[C@@H]1OC(C)=O. The average Bonchev–Trinajstić information content (AvgIpc) is 3.54. The normalized spacial score (nSPS) is 41.4. The molecule has 4 saturated carbocycles. The van der Waals surface area contributed by atoms with Crippen molar-refractivity contribution in [2.24, 2.45) is 22.7 Å². The zero-order valence-electron chi connectivity index (χ0n) is 40.1. The Hall–Kier alpha value is -4.80. The van der Waals surface area contributed by atoms with Crippen LogP contribution in [0.2, 0.25) is 0 Å². The summed E-state index contributed by atoms with van der Waals surface area (Å²) < 4.78 is 63.7. The van der Waals surface area contributed by atoms with Crippen LogP contribution in [0.1, 0.15) is 125 Å². The maximum atomic E-state index is 13.6. The number of hydrogen-bond acceptors (Lipinski definition) is 21. The van der Waals surface area contributed by atoms with Crippen molar-refractivity contribution in [1.29, 1.82) is 0 Å². The number of hydrogen-bond donors (Lipinski definition) is 2. The molecular formula is C48H64O21. The molecule has 2 saturated heterocycles. The van der Waals surface area contributed by atoms with Crippen LogP contribution in [0.15, 0.2) is 27.6 Å². The molecule has 21 heteroatoms. The molecule has 0 radical (unpaired) electrons. The van der Waals surface area contributed by atoms with E-state index in [0.29, 0.717) is 32.1 Å². The fourth-order valence-corrected chi connectivity index (χ4v) is 13.0. The van der Waals surface area contributed by atoms with Gasteiger partial charge in [-0.1, -0.05) is 6.92 Å². The van der Waals surface area contributed by atoms with Crippen molar-refractivity contribution >= 4 is 42.1 Å². The van der Waals surface area contributed by atoms with Gasteiger partial charge in [-0.15, -0.1) is 0 Å². The Morgan fingerprint density at radius 3 is 1.83 bits per heavy atom. The molecule has 0 amide bonds. The van der Waals surface area contributed by atoms with E-state index < -0.39 is 144 Å². The van der Waals surface area contributed by atoms with Crippen LogP contribution in [0.4, 0.5) is 0 Å². The number of ether oxygens (including phenoxy) is 10. The van der Waals surface area contributed by atoms with Crippen LogP contribution in [-0.2, 0) is 80.9 Å². The number of carbonyl (C=O) groups is 7. The molecule has 1 aromatic heterocycles. The van der Waals surface area contributed by atoms with Gasteiger partial charge in [0.2, 0.25) is 0 Å². The fraction of sp³-hybridized carbons (Fsp3) is 0.750. The van der Waals surface area contributed by atoms with Crippen molar-refractivity contribution < 1.29 is 95.6 Å². The Labute approximate surface area is 398 Å². The maximum absolute atomic E-state index is 13.6. The van der Waals surface area contributed by atoms with Crippen LogP contribution >= 0.6 is 0 Å². The third kappa shape index (κ3) is 9.96. The summed E-state index contributed by atoms with van der Waals surface area (Å²) in [5.41, 5.74) is -4.38. The van der Waals surface area contributed by atoms with Gasteiger partial charge in [-0.2, -0.15) is 0 Å². The van der Waals surface area contributed by atoms with E-state index in [4.69, 9.17) is 51.8 Å². The summed E-state index contributed by atoms with van der Waals surface area (Å²) in [5.74, 6) is -5.79. The van der Waals surface area contributed by atoms with Crippen molar-refractivity contribution in [2.45, 2.75) is 198 Å². The smallest absolute Gasteiger partial charge is 0.335 e. The third-order valence-electron chi connectivity index (χ3n) is 15.7. The Kier molecular flexibility index (Phi) is 15.2. The number of rotatable bonds is 13. The minimum atomic E-state index is -1.62. The first-order valence-electron chi connectivity index (χ1n) is 23.6. The highest BCUT2D eigenvalue weighted by atomic mass is 16.8. The number of aldehydes is 1. The zero-order valence-corrected chi connectivity index (χ0v) is 40.1. The van der Waals surface area contributed by atoms with Gasteiger partial charge in [-0.05, 0) is 87.7 Å². The van der Waals surface area contributed by atoms with Crippen molar-refractivity contribution in [2.75, 3.05) is 6.61 Å². The monoisotopic (exact) mass is 976 g/mol. The highest BCUT2D eigenvalue weighted by Gasteiger charge is 2.71. The molecule has 2 N–H and O–H groups in total. The summed E-state index contributed by atoms with van der Waals surface area (Å²) >= 11 is 0. The summed E-state index contributed by atoms with van der Waals surface area (Å²) in [7, 11) is 0. The maximum Gasteiger partial charge on any atom is 0.335 e. The van der Waals surface area contributed by atoms with Crippen molar-refractivity contribution in [3.05, 3.63) is 34.4 Å². The molecule has 0 bridgehead atoms. The molecule has 18 atom stereocenters. The summed E-state index contributed by atoms with van der Waals surface area (Å²) in [6.45, 7) is 9.56. The summed E-state index contributed by atoms with van der Waals surface area (Å²) in [6.07, 6.45) is -10.1. The van der Waals surface area contributed by atoms with E-state index in [9.17, 15) is 48.6 Å². The highest BCUT2D eigenvalue weighted by Crippen LogP contribution is 2.71. The van der Waals surface area contributed by atoms with Gasteiger partial charge in [0.05, 0.1) is 41.7 Å². The molecular weight excluding hydrogens is 913 g/mol. The molecule has 2 aliphatic heterocycles. The highest BCUT2D eigenvalue weighted by molar-refractivity contribution is 5.69. The minimum absolute atomic E-state index is 0.0780. The fourth-order valence-electron chi connectivity index (χ4n) is 13.0. The number of aliphatic hydroxyl groups is 2. The van der Waals surface area contributed by atoms with Crippen LogP contribution in [0.3, 0.4) is 0 Å². The summed E-state index contributed by atoms with van der Waals surface area (Å²) in [5, 5.41) is 25.5. The molecule has 4 aliphatic carbocycles. The van der Waals surface area contributed by atoms with Crippen LogP contribution in [0.5, 0.6) is 0 Å². The van der Waals surface area contributed by atoms with Gasteiger partial charge in [-0.3, -0.25) is 28.8 Å². The van der Waals surface area contributed by atoms with Gasteiger partial charge in [0.1, 0.15) is 12.4 Å². The van der Waals surface area contributed by atoms with E-state index in [1.807, 2.05) is 6.92 Å². The number of carbonyl (C=O) groups excluding carboxylic acids is 7. The van der Waals surface area contributed by atoms with Crippen molar-refractivity contribution in [3.8, 4) is 0 Å². The lowest BCUT2D eigenvalue weighted by Gasteiger charge is -2.65. The van der Waals surface area contributed by atoms with Crippen molar-refractivity contribution in [3.63, 3.8) is 0 Å². The molecule has 7 rings (SSSR count). The first kappa shape index (κ1) is 52.0.